The zero-order valence-electron chi connectivity index (χ0n) is 13.4. The fourth-order valence-corrected chi connectivity index (χ4v) is 3.50. The minimum atomic E-state index is 0.119. The second-order valence-electron chi connectivity index (χ2n) is 6.38. The van der Waals surface area contributed by atoms with Gasteiger partial charge in [0.1, 0.15) is 0 Å². The van der Waals surface area contributed by atoms with Gasteiger partial charge in [0.25, 0.3) is 0 Å². The summed E-state index contributed by atoms with van der Waals surface area (Å²) in [5, 5.41) is 2.59. The number of hydrogen-bond acceptors (Lipinski definition) is 2. The number of benzene rings is 3. The van der Waals surface area contributed by atoms with Gasteiger partial charge in [-0.1, -0.05) is 72.8 Å². The van der Waals surface area contributed by atoms with E-state index in [0.717, 1.165) is 6.54 Å². The summed E-state index contributed by atoms with van der Waals surface area (Å²) in [4.78, 5) is 2.25. The van der Waals surface area contributed by atoms with E-state index in [4.69, 9.17) is 4.74 Å². The molecule has 2 heteroatoms. The first-order chi connectivity index (χ1) is 11.3. The highest BCUT2D eigenvalue weighted by Crippen LogP contribution is 2.38. The van der Waals surface area contributed by atoms with E-state index in [1.165, 1.54) is 21.9 Å². The van der Waals surface area contributed by atoms with Crippen molar-refractivity contribution in [3.05, 3.63) is 83.9 Å². The SMILES string of the molecule is CN1CO[C@H](c2ccccc2)[C@H](c2ccc3ccccc3c2)C1. The molecule has 0 amide bonds. The molecular weight excluding hydrogens is 282 g/mol. The maximum Gasteiger partial charge on any atom is 0.0996 e. The molecule has 0 aromatic heterocycles. The van der Waals surface area contributed by atoms with Crippen molar-refractivity contribution in [2.75, 3.05) is 20.3 Å². The Kier molecular flexibility index (Phi) is 3.86. The van der Waals surface area contributed by atoms with Gasteiger partial charge in [0.2, 0.25) is 0 Å². The van der Waals surface area contributed by atoms with Crippen molar-refractivity contribution in [2.45, 2.75) is 12.0 Å². The van der Waals surface area contributed by atoms with Crippen molar-refractivity contribution in [1.29, 1.82) is 0 Å². The van der Waals surface area contributed by atoms with Crippen LogP contribution in [0.25, 0.3) is 10.8 Å². The van der Waals surface area contributed by atoms with Crippen LogP contribution in [0.3, 0.4) is 0 Å². The molecule has 0 aliphatic carbocycles. The maximum atomic E-state index is 6.18. The zero-order chi connectivity index (χ0) is 15.6. The minimum absolute atomic E-state index is 0.119. The first-order valence-electron chi connectivity index (χ1n) is 8.15. The van der Waals surface area contributed by atoms with Gasteiger partial charge in [-0.2, -0.15) is 0 Å². The predicted molar refractivity (Wildman–Crippen MR) is 94.5 cm³/mol. The Morgan fingerprint density at radius 2 is 1.57 bits per heavy atom. The molecule has 0 unspecified atom stereocenters. The molecule has 23 heavy (non-hydrogen) atoms. The Morgan fingerprint density at radius 3 is 2.39 bits per heavy atom. The summed E-state index contributed by atoms with van der Waals surface area (Å²) in [7, 11) is 2.12. The van der Waals surface area contributed by atoms with Crippen molar-refractivity contribution >= 4 is 10.8 Å². The molecule has 1 fully saturated rings. The molecule has 3 aromatic carbocycles. The lowest BCUT2D eigenvalue weighted by molar-refractivity contribution is -0.0739. The Labute approximate surface area is 137 Å². The number of ether oxygens (including phenoxy) is 1. The topological polar surface area (TPSA) is 12.5 Å². The molecule has 1 saturated heterocycles. The van der Waals surface area contributed by atoms with Gasteiger partial charge in [-0.15, -0.1) is 0 Å². The molecule has 1 heterocycles. The van der Waals surface area contributed by atoms with Crippen LogP contribution in [0.4, 0.5) is 0 Å². The number of hydrogen-bond donors (Lipinski definition) is 0. The zero-order valence-corrected chi connectivity index (χ0v) is 13.4. The molecule has 1 aliphatic rings. The largest absolute Gasteiger partial charge is 0.357 e. The molecule has 2 nitrogen and oxygen atoms in total. The van der Waals surface area contributed by atoms with E-state index in [1.54, 1.807) is 0 Å². The fraction of sp³-hybridized carbons (Fsp3) is 0.238. The third kappa shape index (κ3) is 2.88. The average molecular weight is 303 g/mol. The number of nitrogens with zero attached hydrogens (tertiary/aromatic N) is 1. The second-order valence-corrected chi connectivity index (χ2v) is 6.38. The highest BCUT2D eigenvalue weighted by Gasteiger charge is 2.31. The smallest absolute Gasteiger partial charge is 0.0996 e. The summed E-state index contributed by atoms with van der Waals surface area (Å²) in [6.07, 6.45) is 0.119. The van der Waals surface area contributed by atoms with Crippen LogP contribution in [0.5, 0.6) is 0 Å². The Morgan fingerprint density at radius 1 is 0.826 bits per heavy atom. The quantitative estimate of drug-likeness (QED) is 0.687. The van der Waals surface area contributed by atoms with Crippen LogP contribution in [0.2, 0.25) is 0 Å². The Bertz CT molecular complexity index is 799. The summed E-state index contributed by atoms with van der Waals surface area (Å²) in [6.45, 7) is 1.70. The van der Waals surface area contributed by atoms with E-state index < -0.39 is 0 Å². The van der Waals surface area contributed by atoms with E-state index >= 15 is 0 Å². The molecule has 0 saturated carbocycles. The van der Waals surface area contributed by atoms with Crippen LogP contribution in [0, 0.1) is 0 Å². The van der Waals surface area contributed by atoms with E-state index in [9.17, 15) is 0 Å². The highest BCUT2D eigenvalue weighted by atomic mass is 16.5. The van der Waals surface area contributed by atoms with Gasteiger partial charge in [0.05, 0.1) is 12.8 Å². The molecule has 2 atom stereocenters. The van der Waals surface area contributed by atoms with Crippen LogP contribution in [0.1, 0.15) is 23.1 Å². The van der Waals surface area contributed by atoms with E-state index in [2.05, 4.69) is 84.7 Å². The van der Waals surface area contributed by atoms with Gasteiger partial charge in [0.15, 0.2) is 0 Å². The third-order valence-electron chi connectivity index (χ3n) is 4.68. The number of rotatable bonds is 2. The van der Waals surface area contributed by atoms with Crippen LogP contribution in [-0.2, 0) is 4.74 Å². The highest BCUT2D eigenvalue weighted by molar-refractivity contribution is 5.83. The Hall–Kier alpha value is -2.16. The summed E-state index contributed by atoms with van der Waals surface area (Å²) in [5.74, 6) is 0.348. The maximum absolute atomic E-state index is 6.18. The summed E-state index contributed by atoms with van der Waals surface area (Å²) in [5.41, 5.74) is 2.61. The average Bonchev–Trinajstić information content (AvgIpc) is 2.62. The number of likely N-dealkylation sites (N-methyl/N-ethyl adjacent to an activating group) is 1. The van der Waals surface area contributed by atoms with Crippen molar-refractivity contribution in [2.24, 2.45) is 0 Å². The van der Waals surface area contributed by atoms with Crippen LogP contribution >= 0.6 is 0 Å². The first kappa shape index (κ1) is 14.4. The van der Waals surface area contributed by atoms with E-state index in [0.29, 0.717) is 12.6 Å². The molecule has 0 N–H and O–H groups in total. The van der Waals surface area contributed by atoms with Gasteiger partial charge in [-0.25, -0.2) is 0 Å². The van der Waals surface area contributed by atoms with Gasteiger partial charge >= 0.3 is 0 Å². The molecule has 4 rings (SSSR count). The lowest BCUT2D eigenvalue weighted by atomic mass is 9.87. The summed E-state index contributed by atoms with van der Waals surface area (Å²) < 4.78 is 6.18. The van der Waals surface area contributed by atoms with Gasteiger partial charge < -0.3 is 4.74 Å². The van der Waals surface area contributed by atoms with Gasteiger partial charge in [-0.05, 0) is 28.9 Å². The van der Waals surface area contributed by atoms with E-state index in [-0.39, 0.29) is 6.10 Å². The second kappa shape index (κ2) is 6.15. The predicted octanol–water partition coefficient (Wildman–Crippen LogP) is 4.58. The lowest BCUT2D eigenvalue weighted by Crippen LogP contribution is -2.37. The molecular formula is C21H21NO. The molecule has 0 spiro atoms. The monoisotopic (exact) mass is 303 g/mol. The van der Waals surface area contributed by atoms with Crippen molar-refractivity contribution in [3.8, 4) is 0 Å². The van der Waals surface area contributed by atoms with Gasteiger partial charge in [-0.3, -0.25) is 4.90 Å². The normalized spacial score (nSPS) is 22.3. The summed E-state index contributed by atoms with van der Waals surface area (Å²) in [6, 6.07) is 25.9. The lowest BCUT2D eigenvalue weighted by Gasteiger charge is -2.37. The number of fused-ring (bicyclic) bond motifs is 1. The molecule has 1 aliphatic heterocycles. The van der Waals surface area contributed by atoms with Crippen molar-refractivity contribution < 1.29 is 4.74 Å². The Balaban J connectivity index is 1.75. The van der Waals surface area contributed by atoms with E-state index in [1.807, 2.05) is 0 Å². The van der Waals surface area contributed by atoms with Crippen LogP contribution in [0.15, 0.2) is 72.8 Å². The fourth-order valence-electron chi connectivity index (χ4n) is 3.50. The van der Waals surface area contributed by atoms with Crippen LogP contribution < -0.4 is 0 Å². The summed E-state index contributed by atoms with van der Waals surface area (Å²) >= 11 is 0. The molecule has 116 valence electrons. The first-order valence-corrected chi connectivity index (χ1v) is 8.15. The van der Waals surface area contributed by atoms with Crippen LogP contribution in [-0.4, -0.2) is 25.2 Å². The van der Waals surface area contributed by atoms with Crippen molar-refractivity contribution in [1.82, 2.24) is 4.90 Å². The standard InChI is InChI=1S/C21H21NO/c1-22-14-20(21(23-15-22)17-8-3-2-4-9-17)19-12-11-16-7-5-6-10-18(16)13-19/h2-13,20-21H,14-15H2,1H3/t20-,21+/m0/s1. The van der Waals surface area contributed by atoms with Gasteiger partial charge in [0, 0.05) is 12.5 Å². The third-order valence-corrected chi connectivity index (χ3v) is 4.68. The molecule has 0 bridgehead atoms. The molecule has 0 radical (unpaired) electrons. The van der Waals surface area contributed by atoms with Crippen molar-refractivity contribution in [3.63, 3.8) is 0 Å². The molecule has 3 aromatic rings. The minimum Gasteiger partial charge on any atom is -0.357 e.